The first kappa shape index (κ1) is 23.1. The average molecular weight is 524 g/mol. The molecule has 0 aliphatic heterocycles. The van der Waals surface area contributed by atoms with E-state index in [-0.39, 0.29) is 15.6 Å². The van der Waals surface area contributed by atoms with E-state index in [9.17, 15) is 13.2 Å². The molecule has 3 aromatic carbocycles. The Balaban J connectivity index is 1.96. The highest BCUT2D eigenvalue weighted by atomic mass is 79.9. The minimum Gasteiger partial charge on any atom is -0.495 e. The maximum absolute atomic E-state index is 13.4. The zero-order chi connectivity index (χ0) is 22.6. The summed E-state index contributed by atoms with van der Waals surface area (Å²) in [5.74, 6) is -0.0922. The molecule has 0 aliphatic rings. The highest BCUT2D eigenvalue weighted by Gasteiger charge is 2.27. The van der Waals surface area contributed by atoms with Gasteiger partial charge in [0.1, 0.15) is 12.3 Å². The number of benzene rings is 3. The van der Waals surface area contributed by atoms with Crippen LogP contribution in [0.5, 0.6) is 5.75 Å². The van der Waals surface area contributed by atoms with Crippen LogP contribution in [-0.4, -0.2) is 28.0 Å². The molecule has 0 heterocycles. The van der Waals surface area contributed by atoms with Crippen LogP contribution in [0.25, 0.3) is 0 Å². The lowest BCUT2D eigenvalue weighted by molar-refractivity contribution is -0.114. The smallest absolute Gasteiger partial charge is 0.264 e. The summed E-state index contributed by atoms with van der Waals surface area (Å²) in [5, 5.41) is 2.98. The number of hydrogen-bond donors (Lipinski definition) is 1. The van der Waals surface area contributed by atoms with Crippen LogP contribution in [0.1, 0.15) is 5.56 Å². The first-order valence-electron chi connectivity index (χ1n) is 9.19. The molecule has 0 aliphatic carbocycles. The maximum Gasteiger partial charge on any atom is 0.264 e. The van der Waals surface area contributed by atoms with E-state index in [1.165, 1.54) is 25.3 Å². The number of methoxy groups -OCH3 is 1. The Kier molecular flexibility index (Phi) is 7.25. The van der Waals surface area contributed by atoms with Gasteiger partial charge in [-0.2, -0.15) is 0 Å². The number of rotatable bonds is 7. The highest BCUT2D eigenvalue weighted by molar-refractivity contribution is 9.10. The number of hydrogen-bond acceptors (Lipinski definition) is 4. The Hall–Kier alpha value is -2.55. The zero-order valence-electron chi connectivity index (χ0n) is 16.8. The Morgan fingerprint density at radius 1 is 1.10 bits per heavy atom. The topological polar surface area (TPSA) is 75.7 Å². The van der Waals surface area contributed by atoms with Crippen molar-refractivity contribution in [2.24, 2.45) is 0 Å². The Morgan fingerprint density at radius 2 is 1.81 bits per heavy atom. The second-order valence-corrected chi connectivity index (χ2v) is 9.78. The minimum atomic E-state index is -4.03. The molecule has 31 heavy (non-hydrogen) atoms. The van der Waals surface area contributed by atoms with Crippen LogP contribution < -0.4 is 14.4 Å². The molecule has 0 fully saturated rings. The van der Waals surface area contributed by atoms with E-state index < -0.39 is 22.5 Å². The normalized spacial score (nSPS) is 11.1. The van der Waals surface area contributed by atoms with E-state index in [1.54, 1.807) is 42.5 Å². The molecule has 0 radical (unpaired) electrons. The number of nitrogens with zero attached hydrogens (tertiary/aromatic N) is 1. The summed E-state index contributed by atoms with van der Waals surface area (Å²) in [6.45, 7) is 1.46. The van der Waals surface area contributed by atoms with Gasteiger partial charge < -0.3 is 10.1 Å². The molecule has 1 amide bonds. The summed E-state index contributed by atoms with van der Waals surface area (Å²) < 4.78 is 33.8. The second kappa shape index (κ2) is 9.72. The van der Waals surface area contributed by atoms with Gasteiger partial charge in [0.15, 0.2) is 0 Å². The number of carbonyl (C=O) groups excluding carboxylic acids is 1. The maximum atomic E-state index is 13.4. The predicted octanol–water partition coefficient (Wildman–Crippen LogP) is 5.25. The van der Waals surface area contributed by atoms with Crippen molar-refractivity contribution < 1.29 is 17.9 Å². The van der Waals surface area contributed by atoms with E-state index in [1.807, 2.05) is 13.0 Å². The molecular weight excluding hydrogens is 504 g/mol. The Bertz CT molecular complexity index is 1200. The molecule has 0 saturated heterocycles. The highest BCUT2D eigenvalue weighted by Crippen LogP contribution is 2.32. The van der Waals surface area contributed by atoms with Gasteiger partial charge in [-0.25, -0.2) is 8.42 Å². The van der Waals surface area contributed by atoms with Crippen LogP contribution in [0, 0.1) is 6.92 Å². The van der Waals surface area contributed by atoms with Crippen molar-refractivity contribution in [3.63, 3.8) is 0 Å². The van der Waals surface area contributed by atoms with Crippen LogP contribution >= 0.6 is 27.5 Å². The molecular formula is C22H20BrClN2O4S. The number of anilines is 2. The van der Waals surface area contributed by atoms with Gasteiger partial charge in [0, 0.05) is 10.2 Å². The van der Waals surface area contributed by atoms with Crippen molar-refractivity contribution in [2.75, 3.05) is 23.3 Å². The van der Waals surface area contributed by atoms with Crippen molar-refractivity contribution >= 4 is 54.8 Å². The fraction of sp³-hybridized carbons (Fsp3) is 0.136. The molecule has 0 atom stereocenters. The monoisotopic (exact) mass is 522 g/mol. The molecule has 9 heteroatoms. The van der Waals surface area contributed by atoms with Gasteiger partial charge in [-0.3, -0.25) is 9.10 Å². The van der Waals surface area contributed by atoms with Crippen LogP contribution in [-0.2, 0) is 14.8 Å². The molecule has 6 nitrogen and oxygen atoms in total. The molecule has 0 spiro atoms. The molecule has 162 valence electrons. The van der Waals surface area contributed by atoms with E-state index in [4.69, 9.17) is 16.3 Å². The lowest BCUT2D eigenvalue weighted by Crippen LogP contribution is -2.38. The predicted molar refractivity (Wildman–Crippen MR) is 126 cm³/mol. The van der Waals surface area contributed by atoms with Crippen molar-refractivity contribution in [3.05, 3.63) is 81.8 Å². The first-order chi connectivity index (χ1) is 14.7. The van der Waals surface area contributed by atoms with Gasteiger partial charge in [0.2, 0.25) is 5.91 Å². The molecule has 1 N–H and O–H groups in total. The largest absolute Gasteiger partial charge is 0.495 e. The molecule has 3 rings (SSSR count). The lowest BCUT2D eigenvalue weighted by Gasteiger charge is -2.24. The number of sulfonamides is 1. The fourth-order valence-corrected chi connectivity index (χ4v) is 4.83. The van der Waals surface area contributed by atoms with Gasteiger partial charge in [-0.15, -0.1) is 0 Å². The average Bonchev–Trinajstić information content (AvgIpc) is 2.75. The van der Waals surface area contributed by atoms with Crippen molar-refractivity contribution in [2.45, 2.75) is 11.8 Å². The fourth-order valence-electron chi connectivity index (χ4n) is 2.90. The molecule has 3 aromatic rings. The van der Waals surface area contributed by atoms with E-state index in [0.717, 1.165) is 14.3 Å². The lowest BCUT2D eigenvalue weighted by atomic mass is 10.2. The van der Waals surface area contributed by atoms with Crippen molar-refractivity contribution in [1.29, 1.82) is 0 Å². The third kappa shape index (κ3) is 5.39. The zero-order valence-corrected chi connectivity index (χ0v) is 20.0. The number of ether oxygens (including phenoxy) is 1. The van der Waals surface area contributed by atoms with Crippen molar-refractivity contribution in [1.82, 2.24) is 0 Å². The van der Waals surface area contributed by atoms with Crippen LogP contribution in [0.4, 0.5) is 11.4 Å². The van der Waals surface area contributed by atoms with Gasteiger partial charge >= 0.3 is 0 Å². The summed E-state index contributed by atoms with van der Waals surface area (Å²) in [4.78, 5) is 12.9. The molecule has 0 aromatic heterocycles. The van der Waals surface area contributed by atoms with Gasteiger partial charge in [0.25, 0.3) is 10.0 Å². The van der Waals surface area contributed by atoms with Crippen LogP contribution in [0.3, 0.4) is 0 Å². The van der Waals surface area contributed by atoms with Crippen LogP contribution in [0.15, 0.2) is 76.1 Å². The summed E-state index contributed by atoms with van der Waals surface area (Å²) in [6.07, 6.45) is 0. The Labute approximate surface area is 195 Å². The van der Waals surface area contributed by atoms with Gasteiger partial charge in [-0.05, 0) is 61.0 Å². The number of halogens is 2. The summed E-state index contributed by atoms with van der Waals surface area (Å²) in [6, 6.07) is 17.8. The van der Waals surface area contributed by atoms with Crippen LogP contribution in [0.2, 0.25) is 5.02 Å². The first-order valence-corrected chi connectivity index (χ1v) is 11.8. The van der Waals surface area contributed by atoms with E-state index in [0.29, 0.717) is 11.4 Å². The number of carbonyl (C=O) groups is 1. The molecule has 0 bridgehead atoms. The van der Waals surface area contributed by atoms with Crippen molar-refractivity contribution in [3.8, 4) is 5.75 Å². The third-order valence-electron chi connectivity index (χ3n) is 4.48. The SMILES string of the molecule is COc1ccc(N(CC(=O)Nc2ccc(Br)c(C)c2)S(=O)(=O)c2ccccc2)cc1Cl. The second-order valence-electron chi connectivity index (χ2n) is 6.66. The van der Waals surface area contributed by atoms with E-state index >= 15 is 0 Å². The minimum absolute atomic E-state index is 0.0641. The molecule has 0 unspecified atom stereocenters. The van der Waals surface area contributed by atoms with Gasteiger partial charge in [-0.1, -0.05) is 45.7 Å². The quantitative estimate of drug-likeness (QED) is 0.459. The third-order valence-corrected chi connectivity index (χ3v) is 7.46. The van der Waals surface area contributed by atoms with E-state index in [2.05, 4.69) is 21.2 Å². The summed E-state index contributed by atoms with van der Waals surface area (Å²) in [5.41, 5.74) is 1.75. The standard InChI is InChI=1S/C22H20BrClN2O4S/c1-15-12-16(8-10-19(15)23)25-22(27)14-26(17-9-11-21(30-2)20(24)13-17)31(28,29)18-6-4-3-5-7-18/h3-13H,14H2,1-2H3,(H,25,27). The summed E-state index contributed by atoms with van der Waals surface area (Å²) >= 11 is 9.63. The Morgan fingerprint density at radius 3 is 2.42 bits per heavy atom. The number of aryl methyl sites for hydroxylation is 1. The summed E-state index contributed by atoms with van der Waals surface area (Å²) in [7, 11) is -2.56. The van der Waals surface area contributed by atoms with Gasteiger partial charge in [0.05, 0.1) is 22.7 Å². The number of nitrogens with one attached hydrogen (secondary N) is 1. The number of amides is 1. The molecule has 0 saturated carbocycles.